The summed E-state index contributed by atoms with van der Waals surface area (Å²) >= 11 is 0. The number of hydrogen-bond donors (Lipinski definition) is 1. The van der Waals surface area contributed by atoms with Crippen molar-refractivity contribution in [1.29, 1.82) is 0 Å². The van der Waals surface area contributed by atoms with Crippen LogP contribution >= 0.6 is 12.4 Å². The number of esters is 1. The predicted octanol–water partition coefficient (Wildman–Crippen LogP) is 3.60. The third-order valence-electron chi connectivity index (χ3n) is 6.55. The van der Waals surface area contributed by atoms with E-state index in [0.717, 1.165) is 43.6 Å². The van der Waals surface area contributed by atoms with E-state index >= 15 is 0 Å². The van der Waals surface area contributed by atoms with Crippen molar-refractivity contribution in [2.45, 2.75) is 37.6 Å². The molecule has 3 unspecified atom stereocenters. The van der Waals surface area contributed by atoms with Gasteiger partial charge in [-0.25, -0.2) is 0 Å². The summed E-state index contributed by atoms with van der Waals surface area (Å²) in [5.74, 6) is 0.345. The van der Waals surface area contributed by atoms with Gasteiger partial charge in [0.15, 0.2) is 0 Å². The summed E-state index contributed by atoms with van der Waals surface area (Å²) in [6, 6.07) is 8.56. The highest BCUT2D eigenvalue weighted by Gasteiger charge is 2.60. The van der Waals surface area contributed by atoms with Gasteiger partial charge in [0.05, 0.1) is 13.2 Å². The summed E-state index contributed by atoms with van der Waals surface area (Å²) in [5.41, 5.74) is 4.36. The molecule has 3 aliphatic heterocycles. The van der Waals surface area contributed by atoms with Crippen LogP contribution in [0.5, 0.6) is 0 Å². The normalized spacial score (nSPS) is 31.6. The van der Waals surface area contributed by atoms with Gasteiger partial charge in [0.1, 0.15) is 5.41 Å². The second-order valence-corrected chi connectivity index (χ2v) is 7.69. The molecule has 1 aliphatic carbocycles. The molecule has 0 amide bonds. The maximum atomic E-state index is 13.2. The van der Waals surface area contributed by atoms with Crippen LogP contribution in [0.25, 0.3) is 10.9 Å². The Morgan fingerprint density at radius 1 is 1.38 bits per heavy atom. The first-order valence-electron chi connectivity index (χ1n) is 9.32. The Hall–Kier alpha value is -1.78. The monoisotopic (exact) mass is 372 g/mol. The Labute approximate surface area is 160 Å². The van der Waals surface area contributed by atoms with Crippen molar-refractivity contribution < 1.29 is 9.53 Å². The fourth-order valence-corrected chi connectivity index (χ4v) is 5.71. The SMILES string of the molecule is CCC1=CC2CN3CCc4c([nH]c5ccccc45)[C@@](C(=O)OC)(C2)C13.Cl. The predicted molar refractivity (Wildman–Crippen MR) is 105 cm³/mol. The largest absolute Gasteiger partial charge is 0.468 e. The smallest absolute Gasteiger partial charge is 0.319 e. The van der Waals surface area contributed by atoms with Crippen LogP contribution in [0.1, 0.15) is 31.0 Å². The van der Waals surface area contributed by atoms with Crippen LogP contribution < -0.4 is 0 Å². The summed E-state index contributed by atoms with van der Waals surface area (Å²) in [5, 5.41) is 1.26. The Morgan fingerprint density at radius 3 is 2.96 bits per heavy atom. The number of nitrogens with one attached hydrogen (secondary N) is 1. The fraction of sp³-hybridized carbons (Fsp3) is 0.476. The van der Waals surface area contributed by atoms with Gasteiger partial charge in [0, 0.05) is 29.7 Å². The average Bonchev–Trinajstić information content (AvgIpc) is 3.00. The number of ether oxygens (including phenoxy) is 1. The lowest BCUT2D eigenvalue weighted by atomic mass is 9.60. The van der Waals surface area contributed by atoms with E-state index in [1.54, 1.807) is 0 Å². The molecule has 4 bridgehead atoms. The van der Waals surface area contributed by atoms with Gasteiger partial charge in [-0.05, 0) is 36.8 Å². The molecule has 0 radical (unpaired) electrons. The molecule has 6 rings (SSSR count). The summed E-state index contributed by atoms with van der Waals surface area (Å²) in [4.78, 5) is 19.4. The van der Waals surface area contributed by atoms with Gasteiger partial charge in [0.2, 0.25) is 0 Å². The zero-order chi connectivity index (χ0) is 17.2. The van der Waals surface area contributed by atoms with Crippen LogP contribution in [-0.4, -0.2) is 42.1 Å². The number of carbonyl (C=O) groups excluding carboxylic acids is 1. The number of methoxy groups -OCH3 is 1. The summed E-state index contributed by atoms with van der Waals surface area (Å²) in [6.45, 7) is 4.28. The van der Waals surface area contributed by atoms with E-state index in [1.807, 2.05) is 0 Å². The van der Waals surface area contributed by atoms with Crippen LogP contribution in [0.4, 0.5) is 0 Å². The number of nitrogens with zero attached hydrogens (tertiary/aromatic N) is 1. The number of rotatable bonds is 2. The molecule has 1 N–H and O–H groups in total. The van der Waals surface area contributed by atoms with Gasteiger partial charge in [-0.15, -0.1) is 12.4 Å². The molecule has 26 heavy (non-hydrogen) atoms. The maximum absolute atomic E-state index is 13.2. The van der Waals surface area contributed by atoms with E-state index in [-0.39, 0.29) is 24.4 Å². The molecule has 2 aromatic rings. The van der Waals surface area contributed by atoms with Crippen LogP contribution in [0.15, 0.2) is 35.9 Å². The third kappa shape index (κ3) is 2.09. The second-order valence-electron chi connectivity index (χ2n) is 7.69. The number of aromatic amines is 1. The van der Waals surface area contributed by atoms with E-state index in [2.05, 4.69) is 47.1 Å². The Balaban J connectivity index is 0.00000168. The molecule has 1 aromatic heterocycles. The fourth-order valence-electron chi connectivity index (χ4n) is 5.71. The van der Waals surface area contributed by atoms with E-state index in [9.17, 15) is 4.79 Å². The molecule has 0 saturated carbocycles. The Bertz CT molecular complexity index is 903. The van der Waals surface area contributed by atoms with Crippen LogP contribution in [-0.2, 0) is 21.4 Å². The minimum atomic E-state index is -0.595. The van der Waals surface area contributed by atoms with Gasteiger partial charge < -0.3 is 9.72 Å². The molecule has 4 atom stereocenters. The molecule has 4 aliphatic rings. The number of para-hydroxylation sites is 1. The van der Waals surface area contributed by atoms with Crippen molar-refractivity contribution in [3.05, 3.63) is 47.2 Å². The molecule has 4 heterocycles. The van der Waals surface area contributed by atoms with Crippen LogP contribution in [0.2, 0.25) is 0 Å². The number of aromatic nitrogens is 1. The second kappa shape index (κ2) is 6.14. The van der Waals surface area contributed by atoms with Gasteiger partial charge in [-0.3, -0.25) is 9.69 Å². The highest BCUT2D eigenvalue weighted by molar-refractivity contribution is 5.92. The molecule has 1 aromatic carbocycles. The first-order chi connectivity index (χ1) is 12.2. The molecular weight excluding hydrogens is 348 g/mol. The molecule has 5 heteroatoms. The minimum Gasteiger partial charge on any atom is -0.468 e. The average molecular weight is 373 g/mol. The lowest BCUT2D eigenvalue weighted by Crippen LogP contribution is -2.63. The summed E-state index contributed by atoms with van der Waals surface area (Å²) in [7, 11) is 1.53. The maximum Gasteiger partial charge on any atom is 0.319 e. The van der Waals surface area contributed by atoms with Crippen molar-refractivity contribution in [2.24, 2.45) is 5.92 Å². The summed E-state index contributed by atoms with van der Waals surface area (Å²) in [6.07, 6.45) is 5.25. The molecule has 0 spiro atoms. The van der Waals surface area contributed by atoms with Crippen molar-refractivity contribution >= 4 is 29.3 Å². The van der Waals surface area contributed by atoms with E-state index in [4.69, 9.17) is 4.74 Å². The minimum absolute atomic E-state index is 0. The van der Waals surface area contributed by atoms with Gasteiger partial charge in [0.25, 0.3) is 0 Å². The van der Waals surface area contributed by atoms with E-state index < -0.39 is 5.41 Å². The Morgan fingerprint density at radius 2 is 2.19 bits per heavy atom. The number of fused-ring (bicyclic) bond motifs is 3. The first kappa shape index (κ1) is 17.6. The lowest BCUT2D eigenvalue weighted by Gasteiger charge is -2.53. The standard InChI is InChI=1S/C21H24N2O2.ClH/c1-3-14-10-13-11-21(20(24)25-2)18-16(8-9-23(12-13)19(14)21)15-6-4-5-7-17(15)22-18;/h4-7,10,13,19,22H,3,8-9,11-12H2,1-2H3;1H/t13?,19?,21-;/m0./s1. The highest BCUT2D eigenvalue weighted by Crippen LogP contribution is 2.52. The summed E-state index contributed by atoms with van der Waals surface area (Å²) < 4.78 is 5.41. The van der Waals surface area contributed by atoms with Crippen molar-refractivity contribution in [2.75, 3.05) is 20.2 Å². The quantitative estimate of drug-likeness (QED) is 0.647. The van der Waals surface area contributed by atoms with Crippen molar-refractivity contribution in [3.63, 3.8) is 0 Å². The molecular formula is C21H25ClN2O2. The van der Waals surface area contributed by atoms with Crippen molar-refractivity contribution in [1.82, 2.24) is 9.88 Å². The van der Waals surface area contributed by atoms with Gasteiger partial charge in [-0.2, -0.15) is 0 Å². The molecule has 1 fully saturated rings. The van der Waals surface area contributed by atoms with E-state index in [0.29, 0.717) is 5.92 Å². The van der Waals surface area contributed by atoms with Crippen LogP contribution in [0, 0.1) is 5.92 Å². The Kier molecular flexibility index (Phi) is 4.16. The topological polar surface area (TPSA) is 45.3 Å². The molecule has 1 saturated heterocycles. The number of halogens is 1. The van der Waals surface area contributed by atoms with Gasteiger partial charge in [-0.1, -0.05) is 36.8 Å². The van der Waals surface area contributed by atoms with E-state index in [1.165, 1.54) is 23.6 Å². The van der Waals surface area contributed by atoms with Gasteiger partial charge >= 0.3 is 5.97 Å². The first-order valence-corrected chi connectivity index (χ1v) is 9.32. The zero-order valence-corrected chi connectivity index (χ0v) is 16.1. The zero-order valence-electron chi connectivity index (χ0n) is 15.2. The number of benzene rings is 1. The van der Waals surface area contributed by atoms with Crippen LogP contribution in [0.3, 0.4) is 0 Å². The number of piperidine rings is 1. The third-order valence-corrected chi connectivity index (χ3v) is 6.55. The number of H-pyrrole nitrogens is 1. The van der Waals surface area contributed by atoms with Crippen molar-refractivity contribution in [3.8, 4) is 0 Å². The molecule has 138 valence electrons. The number of carbonyl (C=O) groups is 1. The molecule has 4 nitrogen and oxygen atoms in total. The number of hydrogen-bond acceptors (Lipinski definition) is 3. The lowest BCUT2D eigenvalue weighted by molar-refractivity contribution is -0.153. The highest BCUT2D eigenvalue weighted by atomic mass is 35.5.